The minimum Gasteiger partial charge on any atom is -0.449 e. The predicted octanol–water partition coefficient (Wildman–Crippen LogP) is 2.84. The summed E-state index contributed by atoms with van der Waals surface area (Å²) < 4.78 is 11.5. The fourth-order valence-corrected chi connectivity index (χ4v) is 3.20. The van der Waals surface area contributed by atoms with Crippen LogP contribution in [0.4, 0.5) is 0 Å². The number of nitrogens with one attached hydrogen (secondary N) is 1. The summed E-state index contributed by atoms with van der Waals surface area (Å²) in [5.74, 6) is 1.09. The molecular weight excluding hydrogens is 228 g/mol. The van der Waals surface area contributed by atoms with Crippen LogP contribution < -0.4 is 5.32 Å². The smallest absolute Gasteiger partial charge is 0.191 e. The maximum Gasteiger partial charge on any atom is 0.191 e. The molecule has 1 aromatic rings. The Morgan fingerprint density at radius 3 is 2.44 bits per heavy atom. The van der Waals surface area contributed by atoms with E-state index in [-0.39, 0.29) is 17.2 Å². The van der Waals surface area contributed by atoms with Crippen LogP contribution in [-0.2, 0) is 4.74 Å². The van der Waals surface area contributed by atoms with Crippen LogP contribution in [0.2, 0.25) is 0 Å². The predicted molar refractivity (Wildman–Crippen MR) is 70.4 cm³/mol. The molecule has 1 aliphatic heterocycles. The van der Waals surface area contributed by atoms with Gasteiger partial charge in [0.2, 0.25) is 0 Å². The van der Waals surface area contributed by atoms with Crippen LogP contribution in [0.3, 0.4) is 0 Å². The molecule has 4 heteroatoms. The fraction of sp³-hybridized carbons (Fsp3) is 0.786. The number of aryl methyl sites for hydroxylation is 1. The van der Waals surface area contributed by atoms with Gasteiger partial charge in [-0.1, -0.05) is 0 Å². The molecule has 0 radical (unpaired) electrons. The normalized spacial score (nSPS) is 27.3. The van der Waals surface area contributed by atoms with E-state index in [9.17, 15) is 0 Å². The van der Waals surface area contributed by atoms with Crippen molar-refractivity contribution in [3.8, 4) is 0 Å². The lowest BCUT2D eigenvalue weighted by Gasteiger charge is -2.31. The molecule has 0 bridgehead atoms. The number of ether oxygens (including phenoxy) is 1. The third-order valence-electron chi connectivity index (χ3n) is 3.81. The molecule has 0 aromatic carbocycles. The molecule has 1 N–H and O–H groups in total. The lowest BCUT2D eigenvalue weighted by Crippen LogP contribution is -2.37. The topological polar surface area (TPSA) is 47.3 Å². The van der Waals surface area contributed by atoms with E-state index in [1.165, 1.54) is 0 Å². The van der Waals surface area contributed by atoms with Gasteiger partial charge in [0.1, 0.15) is 6.26 Å². The Morgan fingerprint density at radius 1 is 1.39 bits per heavy atom. The van der Waals surface area contributed by atoms with Gasteiger partial charge in [-0.3, -0.25) is 0 Å². The van der Waals surface area contributed by atoms with Crippen molar-refractivity contribution in [2.75, 3.05) is 7.05 Å². The molecule has 4 nitrogen and oxygen atoms in total. The zero-order chi connectivity index (χ0) is 13.6. The molecule has 2 heterocycles. The van der Waals surface area contributed by atoms with Crippen molar-refractivity contribution in [1.29, 1.82) is 0 Å². The molecule has 1 fully saturated rings. The highest BCUT2D eigenvalue weighted by Gasteiger charge is 2.49. The third-order valence-corrected chi connectivity index (χ3v) is 3.81. The van der Waals surface area contributed by atoms with Crippen molar-refractivity contribution in [2.45, 2.75) is 58.3 Å². The fourth-order valence-electron chi connectivity index (χ4n) is 3.20. The van der Waals surface area contributed by atoms with Crippen LogP contribution in [0.25, 0.3) is 0 Å². The quantitative estimate of drug-likeness (QED) is 0.898. The second-order valence-corrected chi connectivity index (χ2v) is 6.33. The standard InChI is InChI=1S/C14H24N2O2/c1-9-16-11(8-17-9)12(15-6)10-7-13(2,3)18-14(10,4)5/h8,10,12,15H,7H2,1-6H3. The van der Waals surface area contributed by atoms with Crippen LogP contribution in [0, 0.1) is 12.8 Å². The largest absolute Gasteiger partial charge is 0.449 e. The Morgan fingerprint density at radius 2 is 2.06 bits per heavy atom. The summed E-state index contributed by atoms with van der Waals surface area (Å²) in [6.45, 7) is 10.5. The van der Waals surface area contributed by atoms with E-state index in [4.69, 9.17) is 9.15 Å². The van der Waals surface area contributed by atoms with Gasteiger partial charge < -0.3 is 14.5 Å². The van der Waals surface area contributed by atoms with E-state index < -0.39 is 0 Å². The zero-order valence-electron chi connectivity index (χ0n) is 12.2. The van der Waals surface area contributed by atoms with Gasteiger partial charge in [-0.15, -0.1) is 0 Å². The molecule has 0 spiro atoms. The lowest BCUT2D eigenvalue weighted by molar-refractivity contribution is -0.0778. The number of nitrogens with zero attached hydrogens (tertiary/aromatic N) is 1. The van der Waals surface area contributed by atoms with Crippen molar-refractivity contribution in [1.82, 2.24) is 10.3 Å². The second kappa shape index (κ2) is 4.35. The summed E-state index contributed by atoms with van der Waals surface area (Å²) in [6.07, 6.45) is 2.76. The zero-order valence-corrected chi connectivity index (χ0v) is 12.2. The van der Waals surface area contributed by atoms with Crippen molar-refractivity contribution in [2.24, 2.45) is 5.92 Å². The van der Waals surface area contributed by atoms with Gasteiger partial charge in [0, 0.05) is 12.8 Å². The highest BCUT2D eigenvalue weighted by Crippen LogP contribution is 2.47. The maximum absolute atomic E-state index is 6.16. The molecule has 2 atom stereocenters. The maximum atomic E-state index is 6.16. The van der Waals surface area contributed by atoms with Crippen LogP contribution in [0.15, 0.2) is 10.7 Å². The first-order valence-electron chi connectivity index (χ1n) is 6.55. The third kappa shape index (κ3) is 2.45. The van der Waals surface area contributed by atoms with Crippen LogP contribution in [-0.4, -0.2) is 23.2 Å². The van der Waals surface area contributed by atoms with Gasteiger partial charge in [0.15, 0.2) is 5.89 Å². The molecule has 102 valence electrons. The number of hydrogen-bond acceptors (Lipinski definition) is 4. The van der Waals surface area contributed by atoms with Crippen molar-refractivity contribution in [3.05, 3.63) is 17.8 Å². The summed E-state index contributed by atoms with van der Waals surface area (Å²) in [7, 11) is 1.97. The van der Waals surface area contributed by atoms with Gasteiger partial charge in [-0.05, 0) is 41.2 Å². The van der Waals surface area contributed by atoms with Crippen LogP contribution in [0.5, 0.6) is 0 Å². The average Bonchev–Trinajstić information content (AvgIpc) is 2.70. The highest BCUT2D eigenvalue weighted by molar-refractivity contribution is 5.10. The Bertz CT molecular complexity index is 423. The van der Waals surface area contributed by atoms with E-state index in [0.717, 1.165) is 12.1 Å². The highest BCUT2D eigenvalue weighted by atomic mass is 16.5. The molecular formula is C14H24N2O2. The molecule has 0 saturated carbocycles. The molecule has 2 rings (SSSR count). The number of oxazole rings is 1. The number of rotatable bonds is 3. The lowest BCUT2D eigenvalue weighted by atomic mass is 9.80. The molecule has 0 amide bonds. The SMILES string of the molecule is CNC(c1coc(C)n1)C1CC(C)(C)OC1(C)C. The minimum absolute atomic E-state index is 0.0813. The van der Waals surface area contributed by atoms with E-state index in [2.05, 4.69) is 38.0 Å². The average molecular weight is 252 g/mol. The molecule has 0 aliphatic carbocycles. The monoisotopic (exact) mass is 252 g/mol. The summed E-state index contributed by atoms with van der Waals surface area (Å²) in [6, 6.07) is 0.166. The van der Waals surface area contributed by atoms with Gasteiger partial charge in [-0.2, -0.15) is 0 Å². The van der Waals surface area contributed by atoms with E-state index in [1.54, 1.807) is 6.26 Å². The summed E-state index contributed by atoms with van der Waals surface area (Å²) in [4.78, 5) is 4.46. The van der Waals surface area contributed by atoms with Crippen molar-refractivity contribution >= 4 is 0 Å². The molecule has 1 saturated heterocycles. The van der Waals surface area contributed by atoms with Gasteiger partial charge in [0.25, 0.3) is 0 Å². The Balaban J connectivity index is 2.28. The summed E-state index contributed by atoms with van der Waals surface area (Å²) >= 11 is 0. The Hall–Kier alpha value is -0.870. The molecule has 1 aliphatic rings. The summed E-state index contributed by atoms with van der Waals surface area (Å²) in [5.41, 5.74) is 0.723. The van der Waals surface area contributed by atoms with E-state index >= 15 is 0 Å². The van der Waals surface area contributed by atoms with E-state index in [0.29, 0.717) is 11.8 Å². The minimum atomic E-state index is -0.163. The van der Waals surface area contributed by atoms with Gasteiger partial charge >= 0.3 is 0 Å². The molecule has 18 heavy (non-hydrogen) atoms. The van der Waals surface area contributed by atoms with Gasteiger partial charge in [-0.25, -0.2) is 4.98 Å². The van der Waals surface area contributed by atoms with Gasteiger partial charge in [0.05, 0.1) is 22.9 Å². The van der Waals surface area contributed by atoms with Crippen LogP contribution >= 0.6 is 0 Å². The van der Waals surface area contributed by atoms with E-state index in [1.807, 2.05) is 14.0 Å². The number of aromatic nitrogens is 1. The number of hydrogen-bond donors (Lipinski definition) is 1. The Labute approximate surface area is 109 Å². The molecule has 2 unspecified atom stereocenters. The Kier molecular flexibility index (Phi) is 3.28. The van der Waals surface area contributed by atoms with Crippen molar-refractivity contribution < 1.29 is 9.15 Å². The van der Waals surface area contributed by atoms with Crippen molar-refractivity contribution in [3.63, 3.8) is 0 Å². The van der Waals surface area contributed by atoms with Crippen LogP contribution in [0.1, 0.15) is 51.7 Å². The second-order valence-electron chi connectivity index (χ2n) is 6.33. The summed E-state index contributed by atoms with van der Waals surface area (Å²) in [5, 5.41) is 3.36. The first-order valence-corrected chi connectivity index (χ1v) is 6.55. The molecule has 1 aromatic heterocycles. The first kappa shape index (κ1) is 13.6. The first-order chi connectivity index (χ1) is 8.25.